The second kappa shape index (κ2) is 4.34. The molecule has 2 aliphatic rings. The lowest BCUT2D eigenvalue weighted by atomic mass is 9.87. The standard InChI is InChI=1S/C13H20N2OS/c1-9-8-17-12(14-9)13(15-11-3-4-11)5-6-16-10(2)7-13/h8,10-11,15H,3-7H2,1-2H3. The van der Waals surface area contributed by atoms with E-state index in [1.165, 1.54) is 17.8 Å². The number of nitrogens with zero attached hydrogens (tertiary/aromatic N) is 1. The van der Waals surface area contributed by atoms with E-state index in [1.54, 1.807) is 11.3 Å². The molecule has 0 spiro atoms. The number of hydrogen-bond donors (Lipinski definition) is 1. The summed E-state index contributed by atoms with van der Waals surface area (Å²) in [5.74, 6) is 0. The van der Waals surface area contributed by atoms with Crippen molar-refractivity contribution in [2.45, 2.75) is 57.2 Å². The zero-order valence-corrected chi connectivity index (χ0v) is 11.3. The number of rotatable bonds is 3. The predicted molar refractivity (Wildman–Crippen MR) is 69.3 cm³/mol. The van der Waals surface area contributed by atoms with Crippen LogP contribution >= 0.6 is 11.3 Å². The first-order valence-corrected chi connectivity index (χ1v) is 7.38. The van der Waals surface area contributed by atoms with E-state index in [1.807, 2.05) is 0 Å². The summed E-state index contributed by atoms with van der Waals surface area (Å²) in [6.45, 7) is 5.09. The Labute approximate surface area is 107 Å². The van der Waals surface area contributed by atoms with Crippen molar-refractivity contribution in [3.63, 3.8) is 0 Å². The molecule has 0 bridgehead atoms. The van der Waals surface area contributed by atoms with Crippen molar-refractivity contribution in [2.75, 3.05) is 6.61 Å². The third-order valence-electron chi connectivity index (χ3n) is 3.65. The minimum absolute atomic E-state index is 0.0811. The topological polar surface area (TPSA) is 34.1 Å². The molecule has 3 nitrogen and oxygen atoms in total. The number of thiazole rings is 1. The summed E-state index contributed by atoms with van der Waals surface area (Å²) in [5, 5.41) is 7.25. The van der Waals surface area contributed by atoms with E-state index in [9.17, 15) is 0 Å². The average molecular weight is 252 g/mol. The number of aromatic nitrogens is 1. The van der Waals surface area contributed by atoms with Crippen molar-refractivity contribution in [3.05, 3.63) is 16.1 Å². The third kappa shape index (κ3) is 2.39. The van der Waals surface area contributed by atoms with Crippen molar-refractivity contribution >= 4 is 11.3 Å². The van der Waals surface area contributed by atoms with Crippen LogP contribution in [0.4, 0.5) is 0 Å². The van der Waals surface area contributed by atoms with Gasteiger partial charge in [-0.3, -0.25) is 0 Å². The Morgan fingerprint density at radius 3 is 2.94 bits per heavy atom. The van der Waals surface area contributed by atoms with Gasteiger partial charge in [0.25, 0.3) is 0 Å². The van der Waals surface area contributed by atoms with Gasteiger partial charge < -0.3 is 10.1 Å². The Bertz CT molecular complexity index is 398. The molecule has 2 atom stereocenters. The molecule has 1 N–H and O–H groups in total. The van der Waals surface area contributed by atoms with Gasteiger partial charge in [0.2, 0.25) is 0 Å². The first-order chi connectivity index (χ1) is 8.18. The van der Waals surface area contributed by atoms with E-state index >= 15 is 0 Å². The molecule has 2 fully saturated rings. The number of nitrogens with one attached hydrogen (secondary N) is 1. The highest BCUT2D eigenvalue weighted by Gasteiger charge is 2.42. The highest BCUT2D eigenvalue weighted by molar-refractivity contribution is 7.09. The molecular formula is C13H20N2OS. The van der Waals surface area contributed by atoms with Gasteiger partial charge in [0.1, 0.15) is 5.01 Å². The molecule has 0 amide bonds. The van der Waals surface area contributed by atoms with E-state index in [0.717, 1.165) is 25.1 Å². The summed E-state index contributed by atoms with van der Waals surface area (Å²) in [4.78, 5) is 4.72. The molecule has 3 rings (SSSR count). The van der Waals surface area contributed by atoms with Gasteiger partial charge in [-0.15, -0.1) is 11.3 Å². The van der Waals surface area contributed by atoms with Crippen molar-refractivity contribution in [1.29, 1.82) is 0 Å². The molecule has 2 heterocycles. The second-order valence-corrected chi connectivity index (χ2v) is 6.29. The van der Waals surface area contributed by atoms with Gasteiger partial charge in [-0.05, 0) is 39.5 Å². The molecule has 4 heteroatoms. The Morgan fingerprint density at radius 2 is 2.35 bits per heavy atom. The number of aryl methyl sites for hydroxylation is 1. The van der Waals surface area contributed by atoms with Crippen LogP contribution in [0.25, 0.3) is 0 Å². The fourth-order valence-corrected chi connectivity index (χ4v) is 3.67. The maximum atomic E-state index is 5.70. The molecule has 0 aromatic carbocycles. The van der Waals surface area contributed by atoms with Crippen LogP contribution in [-0.2, 0) is 10.3 Å². The summed E-state index contributed by atoms with van der Waals surface area (Å²) in [7, 11) is 0. The second-order valence-electron chi connectivity index (χ2n) is 5.43. The van der Waals surface area contributed by atoms with Gasteiger partial charge >= 0.3 is 0 Å². The molecule has 94 valence electrons. The zero-order chi connectivity index (χ0) is 11.9. The van der Waals surface area contributed by atoms with Crippen LogP contribution in [0.5, 0.6) is 0 Å². The molecule has 1 aliphatic carbocycles. The zero-order valence-electron chi connectivity index (χ0n) is 10.5. The number of hydrogen-bond acceptors (Lipinski definition) is 4. The Morgan fingerprint density at radius 1 is 1.53 bits per heavy atom. The van der Waals surface area contributed by atoms with Crippen LogP contribution in [0.3, 0.4) is 0 Å². The van der Waals surface area contributed by atoms with Crippen LogP contribution in [0.2, 0.25) is 0 Å². The van der Waals surface area contributed by atoms with Gasteiger partial charge in [0.15, 0.2) is 0 Å². The van der Waals surface area contributed by atoms with Crippen molar-refractivity contribution in [3.8, 4) is 0 Å². The predicted octanol–water partition coefficient (Wildman–Crippen LogP) is 2.60. The first-order valence-electron chi connectivity index (χ1n) is 6.50. The Balaban J connectivity index is 1.88. The minimum Gasteiger partial charge on any atom is -0.378 e. The lowest BCUT2D eigenvalue weighted by molar-refractivity contribution is -0.0214. The summed E-state index contributed by atoms with van der Waals surface area (Å²) in [5.41, 5.74) is 1.22. The van der Waals surface area contributed by atoms with Crippen molar-refractivity contribution < 1.29 is 4.74 Å². The maximum absolute atomic E-state index is 5.70. The minimum atomic E-state index is 0.0811. The molecule has 17 heavy (non-hydrogen) atoms. The van der Waals surface area contributed by atoms with Gasteiger partial charge in [-0.25, -0.2) is 4.98 Å². The Hall–Kier alpha value is -0.450. The van der Waals surface area contributed by atoms with Gasteiger partial charge in [0, 0.05) is 23.7 Å². The normalized spacial score (nSPS) is 33.9. The first kappa shape index (κ1) is 11.6. The summed E-state index contributed by atoms with van der Waals surface area (Å²) in [6, 6.07) is 0.713. The molecular weight excluding hydrogens is 232 g/mol. The van der Waals surface area contributed by atoms with E-state index < -0.39 is 0 Å². The van der Waals surface area contributed by atoms with Crippen molar-refractivity contribution in [2.24, 2.45) is 0 Å². The summed E-state index contributed by atoms with van der Waals surface area (Å²) in [6.07, 6.45) is 5.08. The third-order valence-corrected chi connectivity index (χ3v) is 4.82. The quantitative estimate of drug-likeness (QED) is 0.898. The maximum Gasteiger partial charge on any atom is 0.113 e. The van der Waals surface area contributed by atoms with Crippen LogP contribution < -0.4 is 5.32 Å². The summed E-state index contributed by atoms with van der Waals surface area (Å²) >= 11 is 1.80. The fourth-order valence-electron chi connectivity index (χ4n) is 2.67. The fraction of sp³-hybridized carbons (Fsp3) is 0.769. The molecule has 1 aliphatic heterocycles. The summed E-state index contributed by atoms with van der Waals surface area (Å²) < 4.78 is 5.70. The van der Waals surface area contributed by atoms with Gasteiger partial charge in [-0.1, -0.05) is 0 Å². The SMILES string of the molecule is Cc1csc(C2(NC3CC3)CCOC(C)C2)n1. The lowest BCUT2D eigenvalue weighted by Crippen LogP contribution is -2.49. The smallest absolute Gasteiger partial charge is 0.113 e. The van der Waals surface area contributed by atoms with Crippen LogP contribution in [-0.4, -0.2) is 23.7 Å². The Kier molecular flexibility index (Phi) is 2.97. The molecule has 2 unspecified atom stereocenters. The molecule has 1 aromatic rings. The lowest BCUT2D eigenvalue weighted by Gasteiger charge is -2.39. The van der Waals surface area contributed by atoms with Crippen LogP contribution in [0, 0.1) is 6.92 Å². The largest absolute Gasteiger partial charge is 0.378 e. The number of ether oxygens (including phenoxy) is 1. The van der Waals surface area contributed by atoms with Gasteiger partial charge in [0.05, 0.1) is 11.6 Å². The monoisotopic (exact) mass is 252 g/mol. The molecule has 1 aromatic heterocycles. The molecule has 1 saturated heterocycles. The molecule has 0 radical (unpaired) electrons. The average Bonchev–Trinajstić information content (AvgIpc) is 2.97. The van der Waals surface area contributed by atoms with E-state index in [0.29, 0.717) is 12.1 Å². The van der Waals surface area contributed by atoms with E-state index in [-0.39, 0.29) is 5.54 Å². The van der Waals surface area contributed by atoms with Crippen LogP contribution in [0.1, 0.15) is 43.3 Å². The molecule has 1 saturated carbocycles. The van der Waals surface area contributed by atoms with Gasteiger partial charge in [-0.2, -0.15) is 0 Å². The van der Waals surface area contributed by atoms with E-state index in [2.05, 4.69) is 24.5 Å². The van der Waals surface area contributed by atoms with Crippen LogP contribution in [0.15, 0.2) is 5.38 Å². The highest BCUT2D eigenvalue weighted by atomic mass is 32.1. The van der Waals surface area contributed by atoms with E-state index in [4.69, 9.17) is 9.72 Å². The van der Waals surface area contributed by atoms with Crippen molar-refractivity contribution in [1.82, 2.24) is 10.3 Å². The highest BCUT2D eigenvalue weighted by Crippen LogP contribution is 2.39.